The molecule has 4 nitrogen and oxygen atoms in total. The molecule has 1 amide bonds. The Morgan fingerprint density at radius 3 is 2.28 bits per heavy atom. The number of nitrogens with zero attached hydrogens (tertiary/aromatic N) is 1. The molecule has 0 heterocycles. The Balaban J connectivity index is 3.77. The summed E-state index contributed by atoms with van der Waals surface area (Å²) >= 11 is 0. The number of nitrogens with one attached hydrogen (secondary N) is 1. The molecule has 0 saturated carbocycles. The average Bonchev–Trinajstić information content (AvgIpc) is 2.21. The Labute approximate surface area is 112 Å². The zero-order valence-corrected chi connectivity index (χ0v) is 12.8. The number of carbonyl (C=O) groups is 1. The van der Waals surface area contributed by atoms with Gasteiger partial charge in [-0.3, -0.25) is 4.79 Å². The quantitative estimate of drug-likeness (QED) is 0.694. The molecule has 0 aliphatic heterocycles. The zero-order chi connectivity index (χ0) is 14.2. The molecule has 0 bridgehead atoms. The van der Waals surface area contributed by atoms with Crippen molar-refractivity contribution in [1.29, 1.82) is 0 Å². The Morgan fingerprint density at radius 2 is 1.83 bits per heavy atom. The van der Waals surface area contributed by atoms with Crippen LogP contribution in [0.25, 0.3) is 0 Å². The van der Waals surface area contributed by atoms with Gasteiger partial charge in [0.25, 0.3) is 0 Å². The highest BCUT2D eigenvalue weighted by Crippen LogP contribution is 2.20. The molecule has 0 aromatic heterocycles. The third kappa shape index (κ3) is 9.42. The lowest BCUT2D eigenvalue weighted by molar-refractivity contribution is -0.121. The molecule has 3 N–H and O–H groups in total. The number of carbonyl (C=O) groups excluding carboxylic acids is 1. The molecule has 108 valence electrons. The summed E-state index contributed by atoms with van der Waals surface area (Å²) in [4.78, 5) is 14.0. The Morgan fingerprint density at radius 1 is 1.28 bits per heavy atom. The van der Waals surface area contributed by atoms with Gasteiger partial charge in [0.1, 0.15) is 0 Å². The van der Waals surface area contributed by atoms with Crippen molar-refractivity contribution in [1.82, 2.24) is 10.2 Å². The summed E-state index contributed by atoms with van der Waals surface area (Å²) in [5.41, 5.74) is 6.15. The number of hydrogen-bond donors (Lipinski definition) is 2. The van der Waals surface area contributed by atoms with E-state index in [4.69, 9.17) is 5.73 Å². The lowest BCUT2D eigenvalue weighted by Crippen LogP contribution is -2.38. The van der Waals surface area contributed by atoms with Gasteiger partial charge >= 0.3 is 0 Å². The second-order valence-corrected chi connectivity index (χ2v) is 6.11. The monoisotopic (exact) mass is 257 g/mol. The molecule has 0 aliphatic rings. The molecule has 0 aromatic rings. The summed E-state index contributed by atoms with van der Waals surface area (Å²) in [6.07, 6.45) is 1.30. The van der Waals surface area contributed by atoms with E-state index >= 15 is 0 Å². The van der Waals surface area contributed by atoms with Crippen LogP contribution in [0.1, 0.15) is 47.5 Å². The van der Waals surface area contributed by atoms with Crippen LogP contribution in [0.5, 0.6) is 0 Å². The maximum absolute atomic E-state index is 11.7. The highest BCUT2D eigenvalue weighted by molar-refractivity contribution is 5.76. The van der Waals surface area contributed by atoms with Gasteiger partial charge in [0.2, 0.25) is 5.91 Å². The van der Waals surface area contributed by atoms with Crippen molar-refractivity contribution in [2.24, 2.45) is 11.1 Å². The minimum Gasteiger partial charge on any atom is -0.355 e. The molecule has 0 spiro atoms. The third-order valence-corrected chi connectivity index (χ3v) is 2.97. The number of nitrogens with two attached hydrogens (primary N) is 1. The van der Waals surface area contributed by atoms with Gasteiger partial charge < -0.3 is 16.0 Å². The zero-order valence-electron chi connectivity index (χ0n) is 12.8. The van der Waals surface area contributed by atoms with Crippen molar-refractivity contribution in [2.75, 3.05) is 26.2 Å². The lowest BCUT2D eigenvalue weighted by atomic mass is 9.87. The second kappa shape index (κ2) is 8.48. The molecule has 18 heavy (non-hydrogen) atoms. The SMILES string of the molecule is CCN(CC)CCNC(=O)CC(N)CC(C)(C)C. The van der Waals surface area contributed by atoms with E-state index in [1.807, 2.05) is 0 Å². The van der Waals surface area contributed by atoms with Crippen molar-refractivity contribution >= 4 is 5.91 Å². The van der Waals surface area contributed by atoms with E-state index in [-0.39, 0.29) is 17.4 Å². The summed E-state index contributed by atoms with van der Waals surface area (Å²) in [5, 5.41) is 2.94. The molecule has 4 heteroatoms. The van der Waals surface area contributed by atoms with Crippen LogP contribution in [-0.2, 0) is 4.79 Å². The van der Waals surface area contributed by atoms with Crippen LogP contribution in [0, 0.1) is 5.41 Å². The first kappa shape index (κ1) is 17.4. The molecule has 0 fully saturated rings. The largest absolute Gasteiger partial charge is 0.355 e. The van der Waals surface area contributed by atoms with E-state index in [2.05, 4.69) is 44.8 Å². The molecular formula is C14H31N3O. The number of hydrogen-bond acceptors (Lipinski definition) is 3. The van der Waals surface area contributed by atoms with Crippen molar-refractivity contribution in [3.8, 4) is 0 Å². The smallest absolute Gasteiger partial charge is 0.221 e. The Hall–Kier alpha value is -0.610. The fourth-order valence-electron chi connectivity index (χ4n) is 2.06. The number of rotatable bonds is 8. The minimum atomic E-state index is -0.0431. The Bertz CT molecular complexity index is 232. The van der Waals surface area contributed by atoms with Crippen LogP contribution < -0.4 is 11.1 Å². The average molecular weight is 257 g/mol. The molecule has 1 unspecified atom stereocenters. The summed E-state index contributed by atoms with van der Waals surface area (Å²) in [5.74, 6) is 0.0684. The fraction of sp³-hybridized carbons (Fsp3) is 0.929. The molecule has 0 rings (SSSR count). The number of likely N-dealkylation sites (N-methyl/N-ethyl adjacent to an activating group) is 1. The number of amides is 1. The maximum Gasteiger partial charge on any atom is 0.221 e. The maximum atomic E-state index is 11.7. The van der Waals surface area contributed by atoms with Gasteiger partial charge in [-0.2, -0.15) is 0 Å². The topological polar surface area (TPSA) is 58.4 Å². The summed E-state index contributed by atoms with van der Waals surface area (Å²) < 4.78 is 0. The molecule has 0 saturated heterocycles. The highest BCUT2D eigenvalue weighted by Gasteiger charge is 2.17. The predicted molar refractivity (Wildman–Crippen MR) is 77.5 cm³/mol. The van der Waals surface area contributed by atoms with Gasteiger partial charge in [-0.05, 0) is 24.9 Å². The first-order chi connectivity index (χ1) is 8.28. The first-order valence-electron chi connectivity index (χ1n) is 7.03. The normalized spacial score (nSPS) is 13.7. The first-order valence-corrected chi connectivity index (χ1v) is 7.03. The molecule has 0 radical (unpaired) electrons. The van der Waals surface area contributed by atoms with Crippen LogP contribution >= 0.6 is 0 Å². The van der Waals surface area contributed by atoms with Crippen molar-refractivity contribution in [3.63, 3.8) is 0 Å². The minimum absolute atomic E-state index is 0.0431. The van der Waals surface area contributed by atoms with Crippen LogP contribution in [0.2, 0.25) is 0 Å². The molecular weight excluding hydrogens is 226 g/mol. The van der Waals surface area contributed by atoms with Crippen LogP contribution in [0.3, 0.4) is 0 Å². The second-order valence-electron chi connectivity index (χ2n) is 6.11. The fourth-order valence-corrected chi connectivity index (χ4v) is 2.06. The van der Waals surface area contributed by atoms with Crippen molar-refractivity contribution in [3.05, 3.63) is 0 Å². The lowest BCUT2D eigenvalue weighted by Gasteiger charge is -2.23. The van der Waals surface area contributed by atoms with Crippen LogP contribution in [0.4, 0.5) is 0 Å². The van der Waals surface area contributed by atoms with Gasteiger partial charge in [-0.25, -0.2) is 0 Å². The van der Waals surface area contributed by atoms with E-state index in [0.29, 0.717) is 13.0 Å². The van der Waals surface area contributed by atoms with E-state index in [1.165, 1.54) is 0 Å². The van der Waals surface area contributed by atoms with Gasteiger partial charge in [-0.1, -0.05) is 34.6 Å². The molecule has 0 aromatic carbocycles. The highest BCUT2D eigenvalue weighted by atomic mass is 16.1. The summed E-state index contributed by atoms with van der Waals surface area (Å²) in [6.45, 7) is 14.4. The third-order valence-electron chi connectivity index (χ3n) is 2.97. The summed E-state index contributed by atoms with van der Waals surface area (Å²) in [7, 11) is 0. The molecule has 0 aliphatic carbocycles. The van der Waals surface area contributed by atoms with Gasteiger partial charge in [0, 0.05) is 25.6 Å². The van der Waals surface area contributed by atoms with Gasteiger partial charge in [0.15, 0.2) is 0 Å². The molecule has 1 atom stereocenters. The van der Waals surface area contributed by atoms with Gasteiger partial charge in [0.05, 0.1) is 0 Å². The van der Waals surface area contributed by atoms with E-state index in [9.17, 15) is 4.79 Å². The van der Waals surface area contributed by atoms with E-state index < -0.39 is 0 Å². The van der Waals surface area contributed by atoms with E-state index in [1.54, 1.807) is 0 Å². The van der Waals surface area contributed by atoms with E-state index in [0.717, 1.165) is 26.1 Å². The Kier molecular flexibility index (Phi) is 8.20. The summed E-state index contributed by atoms with van der Waals surface area (Å²) in [6, 6.07) is -0.0431. The van der Waals surface area contributed by atoms with Gasteiger partial charge in [-0.15, -0.1) is 0 Å². The van der Waals surface area contributed by atoms with Crippen LogP contribution in [0.15, 0.2) is 0 Å². The standard InChI is InChI=1S/C14H31N3O/c1-6-17(7-2)9-8-16-13(18)10-12(15)11-14(3,4)5/h12H,6-11,15H2,1-5H3,(H,16,18). The van der Waals surface area contributed by atoms with Crippen molar-refractivity contribution in [2.45, 2.75) is 53.5 Å². The van der Waals surface area contributed by atoms with Crippen molar-refractivity contribution < 1.29 is 4.79 Å². The van der Waals surface area contributed by atoms with Crippen LogP contribution in [-0.4, -0.2) is 43.0 Å². The predicted octanol–water partition coefficient (Wildman–Crippen LogP) is 1.60.